The summed E-state index contributed by atoms with van der Waals surface area (Å²) in [7, 11) is 1.50. The largest absolute Gasteiger partial charge is 0.439 e. The van der Waals surface area contributed by atoms with Crippen molar-refractivity contribution in [3.63, 3.8) is 0 Å². The Hall–Kier alpha value is -1.30. The molecular weight excluding hydrogens is 210 g/mol. The van der Waals surface area contributed by atoms with Gasteiger partial charge in [-0.2, -0.15) is 0 Å². The molecule has 6 nitrogen and oxygen atoms in total. The minimum atomic E-state index is -0.526. The first kappa shape index (κ1) is 12.8. The molecule has 2 amide bonds. The molecule has 0 aromatic rings. The number of rotatable bonds is 4. The van der Waals surface area contributed by atoms with Gasteiger partial charge in [0, 0.05) is 13.6 Å². The van der Waals surface area contributed by atoms with Crippen molar-refractivity contribution in [3.05, 3.63) is 0 Å². The Balaban J connectivity index is 2.07. The topological polar surface area (TPSA) is 79.5 Å². The molecule has 0 spiro atoms. The lowest BCUT2D eigenvalue weighted by Crippen LogP contribution is -2.37. The minimum Gasteiger partial charge on any atom is -0.439 e. The van der Waals surface area contributed by atoms with E-state index in [1.54, 1.807) is 0 Å². The van der Waals surface area contributed by atoms with E-state index in [1.807, 2.05) is 0 Å². The fourth-order valence-electron chi connectivity index (χ4n) is 1.57. The number of likely N-dealkylation sites (N-methyl/N-ethyl adjacent to an activating group) is 1. The Kier molecular flexibility index (Phi) is 5.63. The Morgan fingerprint density at radius 3 is 2.69 bits per heavy atom. The summed E-state index contributed by atoms with van der Waals surface area (Å²) >= 11 is 0. The first-order valence-corrected chi connectivity index (χ1v) is 5.54. The molecular formula is C10H19N3O3. The number of carbonyl (C=O) groups is 2. The van der Waals surface area contributed by atoms with Gasteiger partial charge in [-0.25, -0.2) is 4.79 Å². The van der Waals surface area contributed by atoms with Crippen LogP contribution in [0.1, 0.15) is 12.8 Å². The van der Waals surface area contributed by atoms with Crippen LogP contribution in [0.3, 0.4) is 0 Å². The number of nitrogens with one attached hydrogen (secondary N) is 3. The Morgan fingerprint density at radius 2 is 2.06 bits per heavy atom. The van der Waals surface area contributed by atoms with Crippen molar-refractivity contribution in [1.29, 1.82) is 0 Å². The molecule has 1 saturated heterocycles. The Labute approximate surface area is 95.1 Å². The molecule has 92 valence electrons. The molecule has 1 rings (SSSR count). The third-order valence-electron chi connectivity index (χ3n) is 2.61. The molecule has 16 heavy (non-hydrogen) atoms. The minimum absolute atomic E-state index is 0.228. The van der Waals surface area contributed by atoms with Crippen LogP contribution in [0.25, 0.3) is 0 Å². The van der Waals surface area contributed by atoms with Crippen LogP contribution in [-0.4, -0.2) is 45.3 Å². The van der Waals surface area contributed by atoms with Crippen molar-refractivity contribution in [1.82, 2.24) is 16.0 Å². The molecule has 1 heterocycles. The second-order valence-electron chi connectivity index (χ2n) is 3.82. The third kappa shape index (κ3) is 4.97. The number of hydrogen-bond acceptors (Lipinski definition) is 4. The zero-order valence-electron chi connectivity index (χ0n) is 9.54. The third-order valence-corrected chi connectivity index (χ3v) is 2.61. The zero-order chi connectivity index (χ0) is 11.8. The number of hydrogen-bond donors (Lipinski definition) is 3. The molecule has 0 radical (unpaired) electrons. The number of piperidine rings is 1. The monoisotopic (exact) mass is 229 g/mol. The van der Waals surface area contributed by atoms with Gasteiger partial charge in [0.15, 0.2) is 6.61 Å². The van der Waals surface area contributed by atoms with Gasteiger partial charge in [0.25, 0.3) is 5.91 Å². The number of carbonyl (C=O) groups excluding carboxylic acids is 2. The lowest BCUT2D eigenvalue weighted by molar-refractivity contribution is -0.123. The molecule has 3 N–H and O–H groups in total. The maximum absolute atomic E-state index is 11.2. The summed E-state index contributed by atoms with van der Waals surface area (Å²) in [6, 6.07) is 0. The lowest BCUT2D eigenvalue weighted by atomic mass is 9.98. The quantitative estimate of drug-likeness (QED) is 0.605. The van der Waals surface area contributed by atoms with E-state index < -0.39 is 6.09 Å². The normalized spacial score (nSPS) is 16.6. The van der Waals surface area contributed by atoms with E-state index in [4.69, 9.17) is 4.74 Å². The van der Waals surface area contributed by atoms with Crippen molar-refractivity contribution in [2.24, 2.45) is 5.92 Å². The first-order chi connectivity index (χ1) is 7.72. The molecule has 0 unspecified atom stereocenters. The average Bonchev–Trinajstić information content (AvgIpc) is 2.34. The summed E-state index contributed by atoms with van der Waals surface area (Å²) in [5.74, 6) is 0.200. The SMILES string of the molecule is CNC(=O)COC(=O)NCC1CCNCC1. The van der Waals surface area contributed by atoms with Crippen LogP contribution in [-0.2, 0) is 9.53 Å². The van der Waals surface area contributed by atoms with Crippen LogP contribution < -0.4 is 16.0 Å². The Bertz CT molecular complexity index is 239. The fraction of sp³-hybridized carbons (Fsp3) is 0.800. The molecule has 0 atom stereocenters. The fourth-order valence-corrected chi connectivity index (χ4v) is 1.57. The molecule has 6 heteroatoms. The second kappa shape index (κ2) is 7.05. The van der Waals surface area contributed by atoms with E-state index in [0.29, 0.717) is 12.5 Å². The predicted molar refractivity (Wildman–Crippen MR) is 59.0 cm³/mol. The van der Waals surface area contributed by atoms with Gasteiger partial charge in [-0.3, -0.25) is 4.79 Å². The van der Waals surface area contributed by atoms with Gasteiger partial charge >= 0.3 is 6.09 Å². The van der Waals surface area contributed by atoms with Crippen LogP contribution in [0.15, 0.2) is 0 Å². The van der Waals surface area contributed by atoms with Gasteiger partial charge < -0.3 is 20.7 Å². The molecule has 0 aliphatic carbocycles. The number of alkyl carbamates (subject to hydrolysis) is 1. The predicted octanol–water partition coefficient (Wildman–Crippen LogP) is -0.542. The summed E-state index contributed by atoms with van der Waals surface area (Å²) < 4.78 is 4.71. The van der Waals surface area contributed by atoms with E-state index >= 15 is 0 Å². The maximum Gasteiger partial charge on any atom is 0.407 e. The van der Waals surface area contributed by atoms with Gasteiger partial charge in [0.05, 0.1) is 0 Å². The van der Waals surface area contributed by atoms with Gasteiger partial charge in [0.1, 0.15) is 0 Å². The Morgan fingerprint density at radius 1 is 1.38 bits per heavy atom. The standard InChI is InChI=1S/C10H19N3O3/c1-11-9(14)7-16-10(15)13-6-8-2-4-12-5-3-8/h8,12H,2-7H2,1H3,(H,11,14)(H,13,15). The van der Waals surface area contributed by atoms with E-state index in [1.165, 1.54) is 7.05 Å². The molecule has 1 fully saturated rings. The van der Waals surface area contributed by atoms with Crippen LogP contribution in [0, 0.1) is 5.92 Å². The van der Waals surface area contributed by atoms with E-state index in [0.717, 1.165) is 25.9 Å². The molecule has 0 aromatic heterocycles. The molecule has 0 saturated carbocycles. The van der Waals surface area contributed by atoms with Gasteiger partial charge in [0.2, 0.25) is 0 Å². The molecule has 1 aliphatic rings. The second-order valence-corrected chi connectivity index (χ2v) is 3.82. The van der Waals surface area contributed by atoms with E-state index in [9.17, 15) is 9.59 Å². The average molecular weight is 229 g/mol. The molecule has 0 bridgehead atoms. The lowest BCUT2D eigenvalue weighted by Gasteiger charge is -2.22. The summed E-state index contributed by atoms with van der Waals surface area (Å²) in [5, 5.41) is 8.29. The first-order valence-electron chi connectivity index (χ1n) is 5.54. The highest BCUT2D eigenvalue weighted by Gasteiger charge is 2.14. The number of amides is 2. The summed E-state index contributed by atoms with van der Waals surface area (Å²) in [6.45, 7) is 2.39. The number of ether oxygens (including phenoxy) is 1. The van der Waals surface area contributed by atoms with Gasteiger partial charge in [-0.15, -0.1) is 0 Å². The smallest absolute Gasteiger partial charge is 0.407 e. The van der Waals surface area contributed by atoms with E-state index in [2.05, 4.69) is 16.0 Å². The zero-order valence-corrected chi connectivity index (χ0v) is 9.54. The van der Waals surface area contributed by atoms with Crippen molar-refractivity contribution in [2.45, 2.75) is 12.8 Å². The van der Waals surface area contributed by atoms with Crippen LogP contribution in [0.5, 0.6) is 0 Å². The highest BCUT2D eigenvalue weighted by molar-refractivity contribution is 5.79. The van der Waals surface area contributed by atoms with Crippen molar-refractivity contribution in [3.8, 4) is 0 Å². The summed E-state index contributed by atoms with van der Waals surface area (Å²) in [5.41, 5.74) is 0. The summed E-state index contributed by atoms with van der Waals surface area (Å²) in [4.78, 5) is 22.0. The molecule has 0 aromatic carbocycles. The van der Waals surface area contributed by atoms with E-state index in [-0.39, 0.29) is 12.5 Å². The maximum atomic E-state index is 11.2. The highest BCUT2D eigenvalue weighted by atomic mass is 16.6. The molecule has 1 aliphatic heterocycles. The van der Waals surface area contributed by atoms with Gasteiger partial charge in [-0.05, 0) is 31.8 Å². The van der Waals surface area contributed by atoms with Gasteiger partial charge in [-0.1, -0.05) is 0 Å². The summed E-state index contributed by atoms with van der Waals surface area (Å²) in [6.07, 6.45) is 1.60. The highest BCUT2D eigenvalue weighted by Crippen LogP contribution is 2.09. The van der Waals surface area contributed by atoms with Crippen LogP contribution in [0.4, 0.5) is 4.79 Å². The van der Waals surface area contributed by atoms with Crippen LogP contribution in [0.2, 0.25) is 0 Å². The van der Waals surface area contributed by atoms with Crippen molar-refractivity contribution >= 4 is 12.0 Å². The van der Waals surface area contributed by atoms with Crippen molar-refractivity contribution in [2.75, 3.05) is 33.3 Å². The van der Waals surface area contributed by atoms with Crippen molar-refractivity contribution < 1.29 is 14.3 Å². The van der Waals surface area contributed by atoms with Crippen LogP contribution >= 0.6 is 0 Å².